The highest BCUT2D eigenvalue weighted by Gasteiger charge is 2.35. The van der Waals surface area contributed by atoms with Gasteiger partial charge in [-0.05, 0) is 24.6 Å². The van der Waals surface area contributed by atoms with E-state index in [9.17, 15) is 0 Å². The molecule has 3 nitrogen and oxygen atoms in total. The molecule has 0 spiro atoms. The van der Waals surface area contributed by atoms with Crippen LogP contribution < -0.4 is 4.74 Å². The molecule has 0 radical (unpaired) electrons. The van der Waals surface area contributed by atoms with Crippen LogP contribution >= 0.6 is 11.6 Å². The van der Waals surface area contributed by atoms with Crippen molar-refractivity contribution in [1.29, 1.82) is 0 Å². The van der Waals surface area contributed by atoms with Gasteiger partial charge in [-0.3, -0.25) is 0 Å². The molecule has 3 rings (SSSR count). The molecule has 1 heterocycles. The zero-order chi connectivity index (χ0) is 15.4. The summed E-state index contributed by atoms with van der Waals surface area (Å²) < 4.78 is 17.5. The molecule has 0 unspecified atom stereocenters. The van der Waals surface area contributed by atoms with Crippen LogP contribution in [0.4, 0.5) is 0 Å². The number of halogens is 1. The van der Waals surface area contributed by atoms with Crippen LogP contribution in [0.1, 0.15) is 43.5 Å². The van der Waals surface area contributed by atoms with Gasteiger partial charge in [0.25, 0.3) is 0 Å². The molecular formula is C18H19ClO3. The van der Waals surface area contributed by atoms with Gasteiger partial charge in [-0.1, -0.05) is 55.3 Å². The van der Waals surface area contributed by atoms with Gasteiger partial charge in [0, 0.05) is 10.6 Å². The molecule has 0 atom stereocenters. The van der Waals surface area contributed by atoms with E-state index in [1.165, 1.54) is 0 Å². The van der Waals surface area contributed by atoms with Gasteiger partial charge in [0.15, 0.2) is 12.6 Å². The van der Waals surface area contributed by atoms with Gasteiger partial charge in [0.2, 0.25) is 0 Å². The first-order chi connectivity index (χ1) is 10.8. The summed E-state index contributed by atoms with van der Waals surface area (Å²) in [5.74, 6) is 0.734. The highest BCUT2D eigenvalue weighted by Crippen LogP contribution is 2.44. The third-order valence-corrected chi connectivity index (χ3v) is 3.79. The normalized spacial score (nSPS) is 20.5. The molecule has 0 saturated carbocycles. The minimum absolute atomic E-state index is 0.314. The summed E-state index contributed by atoms with van der Waals surface area (Å²) in [5.41, 5.74) is 1.90. The van der Waals surface area contributed by atoms with E-state index in [2.05, 4.69) is 6.92 Å². The molecule has 1 fully saturated rings. The second-order valence-electron chi connectivity index (χ2n) is 5.23. The van der Waals surface area contributed by atoms with Crippen molar-refractivity contribution >= 4 is 11.6 Å². The van der Waals surface area contributed by atoms with Crippen molar-refractivity contribution in [3.8, 4) is 5.75 Å². The lowest BCUT2D eigenvalue weighted by atomic mass is 10.1. The van der Waals surface area contributed by atoms with Crippen LogP contribution in [-0.4, -0.2) is 6.61 Å². The number of rotatable bonds is 6. The van der Waals surface area contributed by atoms with Crippen molar-refractivity contribution < 1.29 is 14.2 Å². The molecule has 4 heteroatoms. The second-order valence-corrected chi connectivity index (χ2v) is 5.67. The minimum atomic E-state index is -0.404. The maximum atomic E-state index is 6.06. The quantitative estimate of drug-likeness (QED) is 0.680. The highest BCUT2D eigenvalue weighted by atomic mass is 35.5. The topological polar surface area (TPSA) is 27.7 Å². The summed E-state index contributed by atoms with van der Waals surface area (Å²) in [4.78, 5) is 0. The Morgan fingerprint density at radius 1 is 1.05 bits per heavy atom. The van der Waals surface area contributed by atoms with E-state index in [4.69, 9.17) is 25.8 Å². The number of benzene rings is 2. The van der Waals surface area contributed by atoms with Gasteiger partial charge in [-0.2, -0.15) is 0 Å². The molecule has 2 aromatic rings. The van der Waals surface area contributed by atoms with Gasteiger partial charge in [0.1, 0.15) is 5.75 Å². The molecule has 0 N–H and O–H groups in total. The molecule has 1 saturated heterocycles. The van der Waals surface area contributed by atoms with E-state index in [0.717, 1.165) is 29.7 Å². The predicted octanol–water partition coefficient (Wildman–Crippen LogP) is 5.26. The van der Waals surface area contributed by atoms with Gasteiger partial charge in [-0.15, -0.1) is 0 Å². The summed E-state index contributed by atoms with van der Waals surface area (Å²) in [5, 5.41) is 0.647. The fourth-order valence-electron chi connectivity index (χ4n) is 2.30. The Balaban J connectivity index is 1.68. The van der Waals surface area contributed by atoms with E-state index >= 15 is 0 Å². The Morgan fingerprint density at radius 3 is 2.55 bits per heavy atom. The Labute approximate surface area is 135 Å². The summed E-state index contributed by atoms with van der Waals surface area (Å²) in [6, 6.07) is 15.4. The zero-order valence-electron chi connectivity index (χ0n) is 12.5. The van der Waals surface area contributed by atoms with Crippen LogP contribution in [0, 0.1) is 0 Å². The molecular weight excluding hydrogens is 300 g/mol. The first kappa shape index (κ1) is 15.3. The smallest absolute Gasteiger partial charge is 0.194 e. The largest absolute Gasteiger partial charge is 0.493 e. The Bertz CT molecular complexity index is 609. The highest BCUT2D eigenvalue weighted by molar-refractivity contribution is 6.30. The molecule has 0 aromatic heterocycles. The van der Waals surface area contributed by atoms with Gasteiger partial charge in [-0.25, -0.2) is 0 Å². The first-order valence-corrected chi connectivity index (χ1v) is 7.94. The van der Waals surface area contributed by atoms with Crippen LogP contribution in [0.15, 0.2) is 48.5 Å². The summed E-state index contributed by atoms with van der Waals surface area (Å²) in [7, 11) is 0. The Kier molecular flexibility index (Phi) is 4.98. The third-order valence-electron chi connectivity index (χ3n) is 3.55. The standard InChI is InChI=1S/C18H19ClO3/c1-2-3-11-20-16-12-14(19)9-10-15(16)18-21-17(22-18)13-7-5-4-6-8-13/h4-10,12,17-18H,2-3,11H2,1H3. The van der Waals surface area contributed by atoms with Crippen LogP contribution in [0.5, 0.6) is 5.75 Å². The average Bonchev–Trinajstić information content (AvgIpc) is 2.49. The fourth-order valence-corrected chi connectivity index (χ4v) is 2.47. The average molecular weight is 319 g/mol. The molecule has 0 bridgehead atoms. The Hall–Kier alpha value is -1.55. The third kappa shape index (κ3) is 3.43. The number of hydrogen-bond acceptors (Lipinski definition) is 3. The summed E-state index contributed by atoms with van der Waals surface area (Å²) >= 11 is 6.06. The second kappa shape index (κ2) is 7.14. The summed E-state index contributed by atoms with van der Waals surface area (Å²) in [6.45, 7) is 2.80. The lowest BCUT2D eigenvalue weighted by Crippen LogP contribution is -2.27. The SMILES string of the molecule is CCCCOc1cc(Cl)ccc1C1OC(c2ccccc2)O1. The van der Waals surface area contributed by atoms with Crippen molar-refractivity contribution in [2.75, 3.05) is 6.61 Å². The number of unbranched alkanes of at least 4 members (excludes halogenated alkanes) is 1. The lowest BCUT2D eigenvalue weighted by molar-refractivity contribution is -0.397. The lowest BCUT2D eigenvalue weighted by Gasteiger charge is -2.37. The van der Waals surface area contributed by atoms with Crippen molar-refractivity contribution in [1.82, 2.24) is 0 Å². The monoisotopic (exact) mass is 318 g/mol. The van der Waals surface area contributed by atoms with Gasteiger partial charge in [0.05, 0.1) is 12.2 Å². The predicted molar refractivity (Wildman–Crippen MR) is 85.9 cm³/mol. The van der Waals surface area contributed by atoms with E-state index in [-0.39, 0.29) is 6.29 Å². The molecule has 22 heavy (non-hydrogen) atoms. The van der Waals surface area contributed by atoms with Crippen LogP contribution in [0.3, 0.4) is 0 Å². The molecule has 116 valence electrons. The van der Waals surface area contributed by atoms with Crippen molar-refractivity contribution in [2.24, 2.45) is 0 Å². The van der Waals surface area contributed by atoms with E-state index < -0.39 is 6.29 Å². The van der Waals surface area contributed by atoms with Crippen LogP contribution in [-0.2, 0) is 9.47 Å². The summed E-state index contributed by atoms with van der Waals surface area (Å²) in [6.07, 6.45) is 1.37. The first-order valence-electron chi connectivity index (χ1n) is 7.56. The van der Waals surface area contributed by atoms with E-state index in [0.29, 0.717) is 11.6 Å². The van der Waals surface area contributed by atoms with E-state index in [1.54, 1.807) is 0 Å². The van der Waals surface area contributed by atoms with Crippen molar-refractivity contribution in [3.05, 3.63) is 64.7 Å². The van der Waals surface area contributed by atoms with Gasteiger partial charge < -0.3 is 14.2 Å². The number of ether oxygens (including phenoxy) is 3. The fraction of sp³-hybridized carbons (Fsp3) is 0.333. The molecule has 1 aliphatic rings. The maximum Gasteiger partial charge on any atom is 0.194 e. The minimum Gasteiger partial charge on any atom is -0.493 e. The van der Waals surface area contributed by atoms with Gasteiger partial charge >= 0.3 is 0 Å². The molecule has 0 aliphatic carbocycles. The zero-order valence-corrected chi connectivity index (χ0v) is 13.3. The van der Waals surface area contributed by atoms with E-state index in [1.807, 2.05) is 48.5 Å². The Morgan fingerprint density at radius 2 is 1.82 bits per heavy atom. The van der Waals surface area contributed by atoms with Crippen LogP contribution in [0.25, 0.3) is 0 Å². The molecule has 0 amide bonds. The van der Waals surface area contributed by atoms with Crippen molar-refractivity contribution in [2.45, 2.75) is 32.3 Å². The molecule has 1 aliphatic heterocycles. The van der Waals surface area contributed by atoms with Crippen LogP contribution in [0.2, 0.25) is 5.02 Å². The van der Waals surface area contributed by atoms with Crippen molar-refractivity contribution in [3.63, 3.8) is 0 Å². The maximum absolute atomic E-state index is 6.06. The number of hydrogen-bond donors (Lipinski definition) is 0. The molecule has 2 aromatic carbocycles.